The van der Waals surface area contributed by atoms with Gasteiger partial charge in [0.15, 0.2) is 5.82 Å². The van der Waals surface area contributed by atoms with Crippen LogP contribution in [0.2, 0.25) is 5.02 Å². The largest absolute Gasteiger partial charge is 0.444 e. The summed E-state index contributed by atoms with van der Waals surface area (Å²) in [6.45, 7) is 5.99. The summed E-state index contributed by atoms with van der Waals surface area (Å²) in [4.78, 5) is 37.0. The Kier molecular flexibility index (Phi) is 11.1. The number of unbranched alkanes of at least 4 members (excludes halogenated alkanes) is 1. The number of rotatable bonds is 11. The minimum Gasteiger partial charge on any atom is -0.444 e. The maximum absolute atomic E-state index is 12.8. The number of aromatic nitrogens is 2. The molecule has 43 heavy (non-hydrogen) atoms. The van der Waals surface area contributed by atoms with Crippen molar-refractivity contribution in [2.75, 3.05) is 18.4 Å². The van der Waals surface area contributed by atoms with Gasteiger partial charge in [0, 0.05) is 18.1 Å². The molecule has 0 spiro atoms. The van der Waals surface area contributed by atoms with E-state index in [1.165, 1.54) is 28.9 Å². The van der Waals surface area contributed by atoms with Crippen molar-refractivity contribution >= 4 is 45.5 Å². The Bertz CT molecular complexity index is 1600. The molecule has 13 nitrogen and oxygen atoms in total. The number of urea groups is 1. The molecule has 3 rings (SSSR count). The summed E-state index contributed by atoms with van der Waals surface area (Å²) in [6.07, 6.45) is 0.363. The summed E-state index contributed by atoms with van der Waals surface area (Å²) >= 11 is 5.82. The van der Waals surface area contributed by atoms with Gasteiger partial charge in [-0.25, -0.2) is 27.4 Å². The van der Waals surface area contributed by atoms with E-state index in [-0.39, 0.29) is 28.4 Å². The van der Waals surface area contributed by atoms with E-state index in [0.717, 1.165) is 0 Å². The Morgan fingerprint density at radius 2 is 1.63 bits per heavy atom. The highest BCUT2D eigenvalue weighted by Crippen LogP contribution is 2.24. The molecule has 4 N–H and O–H groups in total. The molecule has 3 aromatic rings. The molecule has 0 bridgehead atoms. The minimum atomic E-state index is -4.26. The first-order valence-corrected chi connectivity index (χ1v) is 15.1. The van der Waals surface area contributed by atoms with Gasteiger partial charge < -0.3 is 15.4 Å². The van der Waals surface area contributed by atoms with Crippen molar-refractivity contribution < 1.29 is 27.5 Å². The molecular weight excluding hydrogens is 598 g/mol. The zero-order valence-corrected chi connectivity index (χ0v) is 25.4. The van der Waals surface area contributed by atoms with Crippen molar-refractivity contribution in [1.29, 1.82) is 5.26 Å². The Morgan fingerprint density at radius 1 is 1.00 bits per heavy atom. The van der Waals surface area contributed by atoms with Crippen LogP contribution < -0.4 is 20.7 Å². The topological polar surface area (TPSA) is 184 Å². The highest BCUT2D eigenvalue weighted by Gasteiger charge is 2.25. The number of anilines is 1. The number of sulfonamides is 1. The molecule has 0 saturated carbocycles. The Morgan fingerprint density at radius 3 is 2.23 bits per heavy atom. The second-order valence-corrected chi connectivity index (χ2v) is 12.3. The summed E-state index contributed by atoms with van der Waals surface area (Å²) in [7, 11) is -4.26. The van der Waals surface area contributed by atoms with E-state index in [9.17, 15) is 28.1 Å². The minimum absolute atomic E-state index is 0.0753. The number of hydrogen-bond donors (Lipinski definition) is 4. The van der Waals surface area contributed by atoms with Gasteiger partial charge in [-0.3, -0.25) is 10.1 Å². The number of hydrogen-bond acceptors (Lipinski definition) is 8. The third-order valence-electron chi connectivity index (χ3n) is 5.58. The molecule has 0 radical (unpaired) electrons. The number of benzene rings is 2. The van der Waals surface area contributed by atoms with Crippen LogP contribution in [0.1, 0.15) is 44.9 Å². The van der Waals surface area contributed by atoms with E-state index in [1.807, 2.05) is 10.8 Å². The van der Waals surface area contributed by atoms with E-state index in [1.54, 1.807) is 51.1 Å². The van der Waals surface area contributed by atoms with Crippen LogP contribution >= 0.6 is 11.6 Å². The van der Waals surface area contributed by atoms with Crippen LogP contribution in [0.4, 0.5) is 15.4 Å². The molecule has 228 valence electrons. The molecule has 0 atom stereocenters. The van der Waals surface area contributed by atoms with Gasteiger partial charge in [0.05, 0.1) is 22.7 Å². The highest BCUT2D eigenvalue weighted by molar-refractivity contribution is 7.90. The highest BCUT2D eigenvalue weighted by atomic mass is 35.5. The molecule has 0 fully saturated rings. The van der Waals surface area contributed by atoms with Gasteiger partial charge in [0.1, 0.15) is 17.2 Å². The fourth-order valence-electron chi connectivity index (χ4n) is 3.70. The zero-order valence-electron chi connectivity index (χ0n) is 23.8. The predicted octanol–water partition coefficient (Wildman–Crippen LogP) is 3.87. The molecule has 15 heteroatoms. The Balaban J connectivity index is 1.68. The number of para-hydroxylation sites is 1. The average molecular weight is 630 g/mol. The van der Waals surface area contributed by atoms with E-state index in [4.69, 9.17) is 16.3 Å². The zero-order chi connectivity index (χ0) is 31.6. The number of nitrogens with one attached hydrogen (secondary N) is 4. The van der Waals surface area contributed by atoms with Gasteiger partial charge in [0.25, 0.3) is 10.0 Å². The maximum atomic E-state index is 12.8. The second-order valence-electron chi connectivity index (χ2n) is 10.2. The fraction of sp³-hybridized carbons (Fsp3) is 0.321. The van der Waals surface area contributed by atoms with Gasteiger partial charge in [-0.1, -0.05) is 29.8 Å². The second kappa shape index (κ2) is 14.5. The Hall–Kier alpha value is -4.61. The SMILES string of the molecule is CC(C)(C)OC(=O)NCCCCNC(=O)Cc1nn(-c2ccccc2)c(NC(=O)NS(=O)(=O)c2ccc(Cl)cc2)c1C#N. The van der Waals surface area contributed by atoms with Gasteiger partial charge >= 0.3 is 12.1 Å². The molecule has 0 aliphatic rings. The van der Waals surface area contributed by atoms with Crippen molar-refractivity contribution in [2.24, 2.45) is 0 Å². The Labute approximate surface area is 254 Å². The average Bonchev–Trinajstić information content (AvgIpc) is 3.26. The fourth-order valence-corrected chi connectivity index (χ4v) is 4.73. The number of alkyl carbamates (subject to hydrolysis) is 1. The molecule has 0 unspecified atom stereocenters. The lowest BCUT2D eigenvalue weighted by Gasteiger charge is -2.19. The lowest BCUT2D eigenvalue weighted by atomic mass is 10.2. The molecule has 4 amide bonds. The first kappa shape index (κ1) is 32.9. The molecule has 2 aromatic carbocycles. The van der Waals surface area contributed by atoms with Gasteiger partial charge in [-0.05, 0) is 70.0 Å². The van der Waals surface area contributed by atoms with Crippen LogP contribution in [0.25, 0.3) is 5.69 Å². The summed E-state index contributed by atoms with van der Waals surface area (Å²) < 4.78 is 33.7. The molecule has 0 aliphatic carbocycles. The summed E-state index contributed by atoms with van der Waals surface area (Å²) in [5.74, 6) is -0.538. The number of nitrogens with zero attached hydrogens (tertiary/aromatic N) is 3. The van der Waals surface area contributed by atoms with Gasteiger partial charge in [-0.2, -0.15) is 10.4 Å². The van der Waals surface area contributed by atoms with Crippen LogP contribution in [0.5, 0.6) is 0 Å². The third-order valence-corrected chi connectivity index (χ3v) is 7.17. The smallest absolute Gasteiger partial charge is 0.407 e. The molecule has 0 aliphatic heterocycles. The van der Waals surface area contributed by atoms with Crippen molar-refractivity contribution in [3.05, 3.63) is 70.9 Å². The monoisotopic (exact) mass is 629 g/mol. The lowest BCUT2D eigenvalue weighted by Crippen LogP contribution is -2.35. The van der Waals surface area contributed by atoms with Crippen molar-refractivity contribution in [1.82, 2.24) is 25.1 Å². The number of carbonyl (C=O) groups excluding carboxylic acids is 3. The van der Waals surface area contributed by atoms with Crippen LogP contribution in [-0.2, 0) is 26.0 Å². The molecular formula is C28H32ClN7O6S. The van der Waals surface area contributed by atoms with Gasteiger partial charge in [0.2, 0.25) is 5.91 Å². The summed E-state index contributed by atoms with van der Waals surface area (Å²) in [5, 5.41) is 22.4. The summed E-state index contributed by atoms with van der Waals surface area (Å²) in [6, 6.07) is 14.5. The molecule has 1 heterocycles. The lowest BCUT2D eigenvalue weighted by molar-refractivity contribution is -0.120. The van der Waals surface area contributed by atoms with Gasteiger partial charge in [-0.15, -0.1) is 0 Å². The third kappa shape index (κ3) is 10.0. The van der Waals surface area contributed by atoms with Crippen molar-refractivity contribution in [2.45, 2.75) is 50.5 Å². The van der Waals surface area contributed by atoms with Crippen LogP contribution in [0, 0.1) is 11.3 Å². The number of halogens is 1. The van der Waals surface area contributed by atoms with E-state index in [0.29, 0.717) is 36.6 Å². The number of nitriles is 1. The maximum Gasteiger partial charge on any atom is 0.407 e. The quantitative estimate of drug-likeness (QED) is 0.230. The van der Waals surface area contributed by atoms with E-state index in [2.05, 4.69) is 21.0 Å². The number of carbonyl (C=O) groups is 3. The normalized spacial score (nSPS) is 11.2. The van der Waals surface area contributed by atoms with Crippen LogP contribution in [-0.4, -0.2) is 54.9 Å². The van der Waals surface area contributed by atoms with E-state index < -0.39 is 33.7 Å². The molecule has 1 aromatic heterocycles. The van der Waals surface area contributed by atoms with Crippen LogP contribution in [0.15, 0.2) is 59.5 Å². The number of amides is 4. The molecule has 0 saturated heterocycles. The summed E-state index contributed by atoms with van der Waals surface area (Å²) in [5.41, 5.74) is -0.174. The number of ether oxygens (including phenoxy) is 1. The van der Waals surface area contributed by atoms with E-state index >= 15 is 0 Å². The predicted molar refractivity (Wildman–Crippen MR) is 159 cm³/mol. The standard InChI is InChI=1S/C28H32ClN7O6S/c1-28(2,3)42-27(39)32-16-8-7-15-31-24(37)17-23-22(18-30)25(36(34-23)20-9-5-4-6-10-20)33-26(38)35-43(40,41)21-13-11-19(29)12-14-21/h4-6,9-14H,7-8,15-17H2,1-3H3,(H,31,37)(H,32,39)(H2,33,35,38). The first-order chi connectivity index (χ1) is 20.3. The van der Waals surface area contributed by atoms with Crippen molar-refractivity contribution in [3.8, 4) is 11.8 Å². The first-order valence-electron chi connectivity index (χ1n) is 13.2. The van der Waals surface area contributed by atoms with Crippen molar-refractivity contribution in [3.63, 3.8) is 0 Å². The van der Waals surface area contributed by atoms with Crippen LogP contribution in [0.3, 0.4) is 0 Å².